The SMILES string of the molecule is CCC(C=O)c1ccccc1C(=O)OC. The van der Waals surface area contributed by atoms with Crippen molar-refractivity contribution in [2.45, 2.75) is 19.3 Å². The first-order valence-electron chi connectivity index (χ1n) is 4.87. The Morgan fingerprint density at radius 1 is 1.47 bits per heavy atom. The van der Waals surface area contributed by atoms with Gasteiger partial charge in [0.25, 0.3) is 0 Å². The molecule has 1 rings (SSSR count). The number of hydrogen-bond acceptors (Lipinski definition) is 3. The Morgan fingerprint density at radius 2 is 2.13 bits per heavy atom. The van der Waals surface area contributed by atoms with Crippen molar-refractivity contribution in [3.8, 4) is 0 Å². The molecule has 0 saturated heterocycles. The highest BCUT2D eigenvalue weighted by Gasteiger charge is 2.17. The third kappa shape index (κ3) is 2.43. The molecule has 0 aliphatic rings. The van der Waals surface area contributed by atoms with Crippen LogP contribution in [0.1, 0.15) is 35.2 Å². The van der Waals surface area contributed by atoms with Gasteiger partial charge in [0.05, 0.1) is 12.7 Å². The lowest BCUT2D eigenvalue weighted by Crippen LogP contribution is -2.09. The quantitative estimate of drug-likeness (QED) is 0.560. The van der Waals surface area contributed by atoms with E-state index in [9.17, 15) is 9.59 Å². The summed E-state index contributed by atoms with van der Waals surface area (Å²) in [4.78, 5) is 22.3. The zero-order valence-corrected chi connectivity index (χ0v) is 8.90. The summed E-state index contributed by atoms with van der Waals surface area (Å²) in [5.41, 5.74) is 1.21. The van der Waals surface area contributed by atoms with Gasteiger partial charge >= 0.3 is 5.97 Å². The highest BCUT2D eigenvalue weighted by molar-refractivity contribution is 5.92. The number of aldehydes is 1. The molecule has 0 spiro atoms. The Labute approximate surface area is 89.1 Å². The molecule has 0 aromatic heterocycles. The van der Waals surface area contributed by atoms with Crippen LogP contribution in [0.25, 0.3) is 0 Å². The number of methoxy groups -OCH3 is 1. The molecule has 1 atom stereocenters. The second-order valence-corrected chi connectivity index (χ2v) is 3.23. The molecular formula is C12H14O3. The highest BCUT2D eigenvalue weighted by atomic mass is 16.5. The van der Waals surface area contributed by atoms with Gasteiger partial charge in [0.15, 0.2) is 0 Å². The maximum absolute atomic E-state index is 11.4. The number of carbonyl (C=O) groups is 2. The Hall–Kier alpha value is -1.64. The van der Waals surface area contributed by atoms with Crippen molar-refractivity contribution in [2.75, 3.05) is 7.11 Å². The van der Waals surface area contributed by atoms with Gasteiger partial charge in [-0.25, -0.2) is 4.79 Å². The topological polar surface area (TPSA) is 43.4 Å². The molecule has 0 bridgehead atoms. The monoisotopic (exact) mass is 206 g/mol. The van der Waals surface area contributed by atoms with E-state index in [1.54, 1.807) is 18.2 Å². The summed E-state index contributed by atoms with van der Waals surface area (Å²) in [6.45, 7) is 1.91. The zero-order valence-electron chi connectivity index (χ0n) is 8.90. The predicted molar refractivity (Wildman–Crippen MR) is 56.9 cm³/mol. The highest BCUT2D eigenvalue weighted by Crippen LogP contribution is 2.21. The minimum atomic E-state index is -0.397. The molecule has 3 nitrogen and oxygen atoms in total. The molecule has 3 heteroatoms. The van der Waals surface area contributed by atoms with E-state index in [-0.39, 0.29) is 5.92 Å². The molecule has 80 valence electrons. The zero-order chi connectivity index (χ0) is 11.3. The van der Waals surface area contributed by atoms with Crippen molar-refractivity contribution < 1.29 is 14.3 Å². The average Bonchev–Trinajstić information content (AvgIpc) is 2.30. The van der Waals surface area contributed by atoms with Crippen LogP contribution in [0.3, 0.4) is 0 Å². The fourth-order valence-corrected chi connectivity index (χ4v) is 1.51. The number of carbonyl (C=O) groups excluding carboxylic acids is 2. The van der Waals surface area contributed by atoms with Gasteiger partial charge in [-0.3, -0.25) is 0 Å². The van der Waals surface area contributed by atoms with Gasteiger partial charge in [0, 0.05) is 5.92 Å². The van der Waals surface area contributed by atoms with E-state index in [0.717, 1.165) is 11.8 Å². The van der Waals surface area contributed by atoms with Crippen LogP contribution in [0.15, 0.2) is 24.3 Å². The van der Waals surface area contributed by atoms with Gasteiger partial charge in [0.2, 0.25) is 0 Å². The van der Waals surface area contributed by atoms with Gasteiger partial charge in [-0.2, -0.15) is 0 Å². The van der Waals surface area contributed by atoms with Crippen molar-refractivity contribution in [3.05, 3.63) is 35.4 Å². The molecule has 1 aromatic carbocycles. The Bertz CT molecular complexity index is 358. The van der Waals surface area contributed by atoms with Crippen molar-refractivity contribution >= 4 is 12.3 Å². The van der Waals surface area contributed by atoms with Crippen LogP contribution in [0, 0.1) is 0 Å². The number of hydrogen-bond donors (Lipinski definition) is 0. The average molecular weight is 206 g/mol. The van der Waals surface area contributed by atoms with Gasteiger partial charge in [0.1, 0.15) is 6.29 Å². The lowest BCUT2D eigenvalue weighted by Gasteiger charge is -2.11. The van der Waals surface area contributed by atoms with Crippen LogP contribution in [0.5, 0.6) is 0 Å². The summed E-state index contributed by atoms with van der Waals surface area (Å²) in [6, 6.07) is 7.03. The van der Waals surface area contributed by atoms with Gasteiger partial charge in [-0.1, -0.05) is 25.1 Å². The molecule has 15 heavy (non-hydrogen) atoms. The van der Waals surface area contributed by atoms with E-state index < -0.39 is 5.97 Å². The third-order valence-corrected chi connectivity index (χ3v) is 2.37. The van der Waals surface area contributed by atoms with E-state index in [4.69, 9.17) is 0 Å². The van der Waals surface area contributed by atoms with Crippen LogP contribution >= 0.6 is 0 Å². The second kappa shape index (κ2) is 5.29. The molecule has 0 fully saturated rings. The Kier molecular flexibility index (Phi) is 4.03. The smallest absolute Gasteiger partial charge is 0.338 e. The van der Waals surface area contributed by atoms with Crippen LogP contribution in [-0.2, 0) is 9.53 Å². The third-order valence-electron chi connectivity index (χ3n) is 2.37. The van der Waals surface area contributed by atoms with E-state index in [1.807, 2.05) is 13.0 Å². The largest absolute Gasteiger partial charge is 0.465 e. The van der Waals surface area contributed by atoms with Crippen LogP contribution in [-0.4, -0.2) is 19.4 Å². The molecule has 0 saturated carbocycles. The maximum Gasteiger partial charge on any atom is 0.338 e. The molecule has 0 aliphatic carbocycles. The van der Waals surface area contributed by atoms with E-state index >= 15 is 0 Å². The van der Waals surface area contributed by atoms with Crippen LogP contribution in [0.2, 0.25) is 0 Å². The second-order valence-electron chi connectivity index (χ2n) is 3.23. The normalized spacial score (nSPS) is 11.9. The van der Waals surface area contributed by atoms with Crippen molar-refractivity contribution in [3.63, 3.8) is 0 Å². The van der Waals surface area contributed by atoms with Gasteiger partial charge in [-0.05, 0) is 18.1 Å². The first-order chi connectivity index (χ1) is 7.24. The first-order valence-corrected chi connectivity index (χ1v) is 4.87. The van der Waals surface area contributed by atoms with Gasteiger partial charge in [-0.15, -0.1) is 0 Å². The van der Waals surface area contributed by atoms with Crippen LogP contribution < -0.4 is 0 Å². The summed E-state index contributed by atoms with van der Waals surface area (Å²) in [7, 11) is 1.33. The summed E-state index contributed by atoms with van der Waals surface area (Å²) in [5.74, 6) is -0.633. The molecule has 1 unspecified atom stereocenters. The van der Waals surface area contributed by atoms with E-state index in [0.29, 0.717) is 12.0 Å². The molecule has 0 amide bonds. The molecule has 0 aliphatic heterocycles. The first kappa shape index (κ1) is 11.4. The molecule has 0 radical (unpaired) electrons. The summed E-state index contributed by atoms with van der Waals surface area (Å²) < 4.78 is 4.66. The molecule has 0 N–H and O–H groups in total. The fourth-order valence-electron chi connectivity index (χ4n) is 1.51. The number of rotatable bonds is 4. The maximum atomic E-state index is 11.4. The lowest BCUT2D eigenvalue weighted by molar-refractivity contribution is -0.109. The van der Waals surface area contributed by atoms with Crippen molar-refractivity contribution in [1.29, 1.82) is 0 Å². The molecule has 0 heterocycles. The number of esters is 1. The van der Waals surface area contributed by atoms with Gasteiger partial charge < -0.3 is 9.53 Å². The number of ether oxygens (including phenoxy) is 1. The van der Waals surface area contributed by atoms with Crippen molar-refractivity contribution in [1.82, 2.24) is 0 Å². The Morgan fingerprint density at radius 3 is 2.67 bits per heavy atom. The minimum Gasteiger partial charge on any atom is -0.465 e. The minimum absolute atomic E-state index is 0.236. The predicted octanol–water partition coefficient (Wildman–Crippen LogP) is 2.17. The lowest BCUT2D eigenvalue weighted by atomic mass is 9.93. The summed E-state index contributed by atoms with van der Waals surface area (Å²) >= 11 is 0. The Balaban J connectivity index is 3.16. The van der Waals surface area contributed by atoms with E-state index in [2.05, 4.69) is 4.74 Å². The fraction of sp³-hybridized carbons (Fsp3) is 0.333. The summed E-state index contributed by atoms with van der Waals surface area (Å²) in [5, 5.41) is 0. The van der Waals surface area contributed by atoms with Crippen molar-refractivity contribution in [2.24, 2.45) is 0 Å². The summed E-state index contributed by atoms with van der Waals surface area (Å²) in [6.07, 6.45) is 1.54. The molecule has 1 aromatic rings. The van der Waals surface area contributed by atoms with E-state index in [1.165, 1.54) is 7.11 Å². The molecular weight excluding hydrogens is 192 g/mol. The number of benzene rings is 1. The standard InChI is InChI=1S/C12H14O3/c1-3-9(8-13)10-6-4-5-7-11(10)12(14)15-2/h4-9H,3H2,1-2H3. The van der Waals surface area contributed by atoms with Crippen LogP contribution in [0.4, 0.5) is 0 Å².